The van der Waals surface area contributed by atoms with Crippen molar-refractivity contribution >= 4 is 19.8 Å². The van der Waals surface area contributed by atoms with Crippen LogP contribution in [0.25, 0.3) is 0 Å². The van der Waals surface area contributed by atoms with Crippen LogP contribution in [0.1, 0.15) is 232 Å². The molecule has 59 heavy (non-hydrogen) atoms. The molecule has 0 aliphatic rings. The van der Waals surface area contributed by atoms with Gasteiger partial charge in [-0.05, 0) is 38.5 Å². The van der Waals surface area contributed by atoms with E-state index in [4.69, 9.17) is 23.6 Å². The predicted octanol–water partition coefficient (Wildman–Crippen LogP) is 13.3. The maximum Gasteiger partial charge on any atom is 0.472 e. The molecule has 0 aromatic heterocycles. The van der Waals surface area contributed by atoms with Gasteiger partial charge in [0, 0.05) is 12.8 Å². The summed E-state index contributed by atoms with van der Waals surface area (Å²) in [6, 6.07) is 0. The normalized spacial score (nSPS) is 13.9. The molecule has 11 heteroatoms. The van der Waals surface area contributed by atoms with Crippen LogP contribution in [-0.4, -0.2) is 65.7 Å². The van der Waals surface area contributed by atoms with E-state index in [0.29, 0.717) is 19.3 Å². The number of phosphoric ester groups is 1. The van der Waals surface area contributed by atoms with Crippen molar-refractivity contribution in [2.75, 3.05) is 26.4 Å². The number of allylic oxidation sites excluding steroid dienone is 4. The number of carbonyl (C=O) groups is 2. The van der Waals surface area contributed by atoms with Gasteiger partial charge in [-0.3, -0.25) is 18.6 Å². The highest BCUT2D eigenvalue weighted by molar-refractivity contribution is 7.47. The first kappa shape index (κ1) is 57.4. The largest absolute Gasteiger partial charge is 0.472 e. The molecule has 10 nitrogen and oxygen atoms in total. The van der Waals surface area contributed by atoms with Crippen LogP contribution in [0.5, 0.6) is 0 Å². The molecule has 0 aromatic rings. The highest BCUT2D eigenvalue weighted by atomic mass is 31.2. The highest BCUT2D eigenvalue weighted by Crippen LogP contribution is 2.43. The molecule has 3 N–H and O–H groups in total. The minimum Gasteiger partial charge on any atom is -0.462 e. The van der Waals surface area contributed by atoms with Crippen molar-refractivity contribution in [2.45, 2.75) is 244 Å². The SMILES string of the molecule is CCCCCCCCCCC/C=C/C/C=C/CCCC(=O)O[C@H](COC(=O)CCCCCCCCCCCCCCCCCCCCC)COP(=O)(O)OC[C@@H](O)CO. The van der Waals surface area contributed by atoms with Gasteiger partial charge < -0.3 is 24.6 Å². The second kappa shape index (κ2) is 44.5. The van der Waals surface area contributed by atoms with E-state index in [1.54, 1.807) is 0 Å². The van der Waals surface area contributed by atoms with Crippen LogP contribution in [0.2, 0.25) is 0 Å². The van der Waals surface area contributed by atoms with E-state index in [1.807, 2.05) is 6.08 Å². The molecule has 0 bridgehead atoms. The summed E-state index contributed by atoms with van der Waals surface area (Å²) >= 11 is 0. The number of hydrogen-bond acceptors (Lipinski definition) is 9. The molecular weight excluding hydrogens is 767 g/mol. The van der Waals surface area contributed by atoms with Crippen molar-refractivity contribution in [3.8, 4) is 0 Å². The molecule has 0 aliphatic heterocycles. The Morgan fingerprint density at radius 3 is 1.36 bits per heavy atom. The standard InChI is InChI=1S/C48H91O10P/c1-3-5-7-9-11-13-15-17-19-21-22-24-25-27-29-31-33-35-37-39-47(51)55-43-46(44-57-59(53,54)56-42-45(50)41-49)58-48(52)40-38-36-34-32-30-28-26-23-20-18-16-14-12-10-8-6-4-2/h26,28,32,34,45-46,49-50H,3-25,27,29-31,33,35-44H2,1-2H3,(H,53,54)/b28-26+,34-32+/t45-,46+/m0/s1. The minimum atomic E-state index is -4.63. The second-order valence-electron chi connectivity index (χ2n) is 16.5. The summed E-state index contributed by atoms with van der Waals surface area (Å²) in [5.41, 5.74) is 0. The molecule has 0 heterocycles. The number of aliphatic hydroxyl groups is 2. The molecule has 0 saturated heterocycles. The van der Waals surface area contributed by atoms with Gasteiger partial charge in [0.25, 0.3) is 0 Å². The van der Waals surface area contributed by atoms with Crippen molar-refractivity contribution in [3.05, 3.63) is 24.3 Å². The Labute approximate surface area is 361 Å². The van der Waals surface area contributed by atoms with Crippen molar-refractivity contribution in [2.24, 2.45) is 0 Å². The molecule has 0 spiro atoms. The van der Waals surface area contributed by atoms with Gasteiger partial charge in [-0.15, -0.1) is 0 Å². The quantitative estimate of drug-likeness (QED) is 0.0234. The number of hydrogen-bond donors (Lipinski definition) is 3. The van der Waals surface area contributed by atoms with E-state index in [-0.39, 0.29) is 19.4 Å². The van der Waals surface area contributed by atoms with Crippen LogP contribution in [-0.2, 0) is 32.7 Å². The molecule has 348 valence electrons. The van der Waals surface area contributed by atoms with Crippen molar-refractivity contribution in [3.63, 3.8) is 0 Å². The lowest BCUT2D eigenvalue weighted by atomic mass is 10.0. The second-order valence-corrected chi connectivity index (χ2v) is 17.9. The van der Waals surface area contributed by atoms with Crippen molar-refractivity contribution in [1.82, 2.24) is 0 Å². The van der Waals surface area contributed by atoms with Gasteiger partial charge in [-0.1, -0.05) is 205 Å². The van der Waals surface area contributed by atoms with Crippen LogP contribution in [0.3, 0.4) is 0 Å². The number of esters is 2. The van der Waals surface area contributed by atoms with E-state index < -0.39 is 51.8 Å². The average Bonchev–Trinajstić information content (AvgIpc) is 3.22. The number of phosphoric acid groups is 1. The molecule has 0 fully saturated rings. The lowest BCUT2D eigenvalue weighted by Gasteiger charge is -2.20. The summed E-state index contributed by atoms with van der Waals surface area (Å²) in [5, 5.41) is 18.4. The number of aliphatic hydroxyl groups excluding tert-OH is 2. The lowest BCUT2D eigenvalue weighted by molar-refractivity contribution is -0.161. The molecule has 3 atom stereocenters. The summed E-state index contributed by atoms with van der Waals surface area (Å²) in [5.74, 6) is -0.966. The van der Waals surface area contributed by atoms with Gasteiger partial charge in [0.15, 0.2) is 6.10 Å². The third-order valence-electron chi connectivity index (χ3n) is 10.6. The zero-order valence-electron chi connectivity index (χ0n) is 38.0. The number of carbonyl (C=O) groups excluding carboxylic acids is 2. The first-order chi connectivity index (χ1) is 28.7. The fourth-order valence-corrected chi connectivity index (χ4v) is 7.65. The van der Waals surface area contributed by atoms with Crippen LogP contribution in [0.15, 0.2) is 24.3 Å². The van der Waals surface area contributed by atoms with Crippen LogP contribution >= 0.6 is 7.82 Å². The van der Waals surface area contributed by atoms with Crippen molar-refractivity contribution < 1.29 is 47.8 Å². The van der Waals surface area contributed by atoms with Crippen LogP contribution in [0, 0.1) is 0 Å². The summed E-state index contributed by atoms with van der Waals surface area (Å²) < 4.78 is 32.8. The molecule has 0 saturated carbocycles. The van der Waals surface area contributed by atoms with E-state index in [0.717, 1.165) is 32.1 Å². The maximum absolute atomic E-state index is 12.6. The number of unbranched alkanes of at least 4 members (excludes halogenated alkanes) is 28. The van der Waals surface area contributed by atoms with E-state index in [1.165, 1.54) is 154 Å². The average molecular weight is 859 g/mol. The predicted molar refractivity (Wildman–Crippen MR) is 242 cm³/mol. The molecule has 0 rings (SSSR count). The van der Waals surface area contributed by atoms with Gasteiger partial charge in [0.2, 0.25) is 0 Å². The minimum absolute atomic E-state index is 0.124. The zero-order valence-corrected chi connectivity index (χ0v) is 38.9. The third kappa shape index (κ3) is 44.3. The summed E-state index contributed by atoms with van der Waals surface area (Å²) in [6.07, 6.45) is 45.8. The van der Waals surface area contributed by atoms with Crippen LogP contribution in [0.4, 0.5) is 0 Å². The van der Waals surface area contributed by atoms with E-state index in [9.17, 15) is 24.2 Å². The van der Waals surface area contributed by atoms with Gasteiger partial charge in [-0.25, -0.2) is 4.57 Å². The topological polar surface area (TPSA) is 149 Å². The number of ether oxygens (including phenoxy) is 2. The smallest absolute Gasteiger partial charge is 0.462 e. The first-order valence-electron chi connectivity index (χ1n) is 24.3. The first-order valence-corrected chi connectivity index (χ1v) is 25.8. The summed E-state index contributed by atoms with van der Waals surface area (Å²) in [7, 11) is -4.63. The Morgan fingerprint density at radius 2 is 0.898 bits per heavy atom. The zero-order chi connectivity index (χ0) is 43.3. The molecular formula is C48H91O10P. The van der Waals surface area contributed by atoms with Crippen LogP contribution < -0.4 is 0 Å². The number of rotatable bonds is 46. The van der Waals surface area contributed by atoms with Crippen molar-refractivity contribution in [1.29, 1.82) is 0 Å². The van der Waals surface area contributed by atoms with E-state index in [2.05, 4.69) is 32.1 Å². The third-order valence-corrected chi connectivity index (χ3v) is 11.6. The fraction of sp³-hybridized carbons (Fsp3) is 0.875. The summed E-state index contributed by atoms with van der Waals surface area (Å²) in [4.78, 5) is 35.1. The van der Waals surface area contributed by atoms with Gasteiger partial charge in [-0.2, -0.15) is 0 Å². The Morgan fingerprint density at radius 1 is 0.508 bits per heavy atom. The summed E-state index contributed by atoms with van der Waals surface area (Å²) in [6.45, 7) is 2.37. The van der Waals surface area contributed by atoms with Gasteiger partial charge in [0.1, 0.15) is 12.7 Å². The Kier molecular flexibility index (Phi) is 43.3. The van der Waals surface area contributed by atoms with Gasteiger partial charge in [0.05, 0.1) is 19.8 Å². The molecule has 0 amide bonds. The molecule has 0 aromatic carbocycles. The maximum atomic E-state index is 12.6. The fourth-order valence-electron chi connectivity index (χ4n) is 6.86. The molecule has 0 radical (unpaired) electrons. The Bertz CT molecular complexity index is 1040. The Hall–Kier alpha value is -1.55. The van der Waals surface area contributed by atoms with Gasteiger partial charge >= 0.3 is 19.8 Å². The van der Waals surface area contributed by atoms with E-state index >= 15 is 0 Å². The lowest BCUT2D eigenvalue weighted by Crippen LogP contribution is -2.29. The molecule has 1 unspecified atom stereocenters. The molecule has 0 aliphatic carbocycles. The monoisotopic (exact) mass is 859 g/mol. The Balaban J connectivity index is 4.24. The highest BCUT2D eigenvalue weighted by Gasteiger charge is 2.27.